The number of hydrogen-bond acceptors (Lipinski definition) is 3. The normalized spacial score (nSPS) is 11.8. The van der Waals surface area contributed by atoms with Crippen molar-refractivity contribution in [3.63, 3.8) is 0 Å². The summed E-state index contributed by atoms with van der Waals surface area (Å²) in [6, 6.07) is 3.44. The molecule has 1 aromatic carbocycles. The van der Waals surface area contributed by atoms with E-state index in [0.29, 0.717) is 11.1 Å². The van der Waals surface area contributed by atoms with Crippen LogP contribution in [0.15, 0.2) is 12.1 Å². The van der Waals surface area contributed by atoms with Crippen LogP contribution in [-0.2, 0) is 7.05 Å². The van der Waals surface area contributed by atoms with Crippen molar-refractivity contribution in [1.82, 2.24) is 9.55 Å². The number of carboxylic acids is 1. The quantitative estimate of drug-likeness (QED) is 0.903. The van der Waals surface area contributed by atoms with E-state index in [1.165, 1.54) is 0 Å². The molecule has 0 aliphatic rings. The van der Waals surface area contributed by atoms with Crippen LogP contribution in [0.3, 0.4) is 0 Å². The zero-order chi connectivity index (χ0) is 15.1. The summed E-state index contributed by atoms with van der Waals surface area (Å²) in [6.45, 7) is 9.05. The van der Waals surface area contributed by atoms with Crippen LogP contribution in [0, 0.1) is 12.3 Å². The van der Waals surface area contributed by atoms with Crippen molar-refractivity contribution < 1.29 is 9.90 Å². The first-order valence-corrected chi connectivity index (χ1v) is 6.64. The van der Waals surface area contributed by atoms with Gasteiger partial charge in [0.2, 0.25) is 5.95 Å². The monoisotopic (exact) mass is 275 g/mol. The van der Waals surface area contributed by atoms with Crippen molar-refractivity contribution in [2.75, 3.05) is 11.9 Å². The van der Waals surface area contributed by atoms with Crippen LogP contribution in [0.1, 0.15) is 36.7 Å². The van der Waals surface area contributed by atoms with Gasteiger partial charge >= 0.3 is 5.97 Å². The number of anilines is 1. The van der Waals surface area contributed by atoms with Gasteiger partial charge in [0.1, 0.15) is 0 Å². The van der Waals surface area contributed by atoms with Crippen LogP contribution in [-0.4, -0.2) is 27.2 Å². The Morgan fingerprint density at radius 3 is 2.60 bits per heavy atom. The third-order valence-electron chi connectivity index (χ3n) is 3.31. The smallest absolute Gasteiger partial charge is 0.336 e. The van der Waals surface area contributed by atoms with Crippen LogP contribution in [0.4, 0.5) is 5.95 Å². The fourth-order valence-electron chi connectivity index (χ4n) is 2.13. The molecular formula is C15H21N3O2. The molecule has 0 aliphatic carbocycles. The number of aromatic nitrogens is 2. The summed E-state index contributed by atoms with van der Waals surface area (Å²) < 4.78 is 1.96. The molecule has 0 amide bonds. The lowest BCUT2D eigenvalue weighted by molar-refractivity contribution is 0.0696. The Morgan fingerprint density at radius 1 is 1.40 bits per heavy atom. The summed E-state index contributed by atoms with van der Waals surface area (Å²) >= 11 is 0. The summed E-state index contributed by atoms with van der Waals surface area (Å²) in [5.41, 5.74) is 2.83. The second-order valence-electron chi connectivity index (χ2n) is 6.32. The second-order valence-corrected chi connectivity index (χ2v) is 6.32. The van der Waals surface area contributed by atoms with Gasteiger partial charge in [-0.2, -0.15) is 0 Å². The largest absolute Gasteiger partial charge is 0.478 e. The molecule has 2 rings (SSSR count). The number of carboxylic acid groups (broad SMARTS) is 1. The van der Waals surface area contributed by atoms with Crippen molar-refractivity contribution in [1.29, 1.82) is 0 Å². The van der Waals surface area contributed by atoms with Crippen molar-refractivity contribution in [2.24, 2.45) is 12.5 Å². The van der Waals surface area contributed by atoms with E-state index in [-0.39, 0.29) is 5.41 Å². The zero-order valence-corrected chi connectivity index (χ0v) is 12.6. The lowest BCUT2D eigenvalue weighted by Gasteiger charge is -2.19. The molecule has 2 N–H and O–H groups in total. The van der Waals surface area contributed by atoms with E-state index in [1.807, 2.05) is 11.6 Å². The van der Waals surface area contributed by atoms with E-state index in [2.05, 4.69) is 31.1 Å². The summed E-state index contributed by atoms with van der Waals surface area (Å²) in [5, 5.41) is 12.5. The fourth-order valence-corrected chi connectivity index (χ4v) is 2.13. The summed E-state index contributed by atoms with van der Waals surface area (Å²) in [5.74, 6) is -0.153. The first-order valence-electron chi connectivity index (χ1n) is 6.64. The van der Waals surface area contributed by atoms with Gasteiger partial charge in [0, 0.05) is 13.6 Å². The first-order chi connectivity index (χ1) is 9.20. The minimum Gasteiger partial charge on any atom is -0.478 e. The number of hydrogen-bond donors (Lipinski definition) is 2. The third-order valence-corrected chi connectivity index (χ3v) is 3.31. The number of nitrogens with zero attached hydrogens (tertiary/aromatic N) is 2. The third kappa shape index (κ3) is 2.61. The number of aryl methyl sites for hydroxylation is 2. The highest BCUT2D eigenvalue weighted by molar-refractivity contribution is 5.96. The number of rotatable bonds is 3. The Kier molecular flexibility index (Phi) is 3.46. The van der Waals surface area contributed by atoms with Gasteiger partial charge in [-0.25, -0.2) is 9.78 Å². The Hall–Kier alpha value is -2.04. The number of aromatic carboxylic acids is 1. The molecule has 0 atom stereocenters. The van der Waals surface area contributed by atoms with Gasteiger partial charge in [0.25, 0.3) is 0 Å². The predicted molar refractivity (Wildman–Crippen MR) is 80.4 cm³/mol. The second kappa shape index (κ2) is 4.81. The van der Waals surface area contributed by atoms with Crippen LogP contribution in [0.25, 0.3) is 11.0 Å². The Morgan fingerprint density at radius 2 is 2.05 bits per heavy atom. The van der Waals surface area contributed by atoms with Gasteiger partial charge in [0.05, 0.1) is 16.6 Å². The maximum absolute atomic E-state index is 11.2. The van der Waals surface area contributed by atoms with Crippen molar-refractivity contribution >= 4 is 23.0 Å². The lowest BCUT2D eigenvalue weighted by atomic mass is 9.97. The molecule has 0 saturated carbocycles. The molecule has 0 saturated heterocycles. The molecule has 5 nitrogen and oxygen atoms in total. The van der Waals surface area contributed by atoms with Crippen LogP contribution in [0.5, 0.6) is 0 Å². The molecule has 5 heteroatoms. The summed E-state index contributed by atoms with van der Waals surface area (Å²) in [4.78, 5) is 15.7. The van der Waals surface area contributed by atoms with E-state index in [0.717, 1.165) is 23.5 Å². The highest BCUT2D eigenvalue weighted by atomic mass is 16.4. The summed E-state index contributed by atoms with van der Waals surface area (Å²) in [7, 11) is 1.93. The van der Waals surface area contributed by atoms with E-state index >= 15 is 0 Å². The van der Waals surface area contributed by atoms with E-state index < -0.39 is 5.97 Å². The van der Waals surface area contributed by atoms with Crippen LogP contribution < -0.4 is 5.32 Å². The van der Waals surface area contributed by atoms with Gasteiger partial charge in [-0.15, -0.1) is 0 Å². The highest BCUT2D eigenvalue weighted by Gasteiger charge is 2.17. The number of imidazole rings is 1. The lowest BCUT2D eigenvalue weighted by Crippen LogP contribution is -2.20. The molecule has 0 spiro atoms. The molecular weight excluding hydrogens is 254 g/mol. The SMILES string of the molecule is Cc1c(C(=O)O)ccc2c1nc(NCC(C)(C)C)n2C. The van der Waals surface area contributed by atoms with Crippen LogP contribution >= 0.6 is 0 Å². The zero-order valence-electron chi connectivity index (χ0n) is 12.6. The Bertz CT molecular complexity index is 666. The number of benzene rings is 1. The topological polar surface area (TPSA) is 67.2 Å². The summed E-state index contributed by atoms with van der Waals surface area (Å²) in [6.07, 6.45) is 0. The highest BCUT2D eigenvalue weighted by Crippen LogP contribution is 2.25. The molecule has 0 aliphatic heterocycles. The van der Waals surface area contributed by atoms with Gasteiger partial charge < -0.3 is 15.0 Å². The molecule has 2 aromatic rings. The molecule has 20 heavy (non-hydrogen) atoms. The maximum Gasteiger partial charge on any atom is 0.336 e. The average Bonchev–Trinajstić information content (AvgIpc) is 2.64. The molecule has 1 heterocycles. The standard InChI is InChI=1S/C15H21N3O2/c1-9-10(13(19)20)6-7-11-12(9)17-14(18(11)5)16-8-15(2,3)4/h6-7H,8H2,1-5H3,(H,16,17)(H,19,20). The molecule has 1 aromatic heterocycles. The average molecular weight is 275 g/mol. The minimum absolute atomic E-state index is 0.152. The molecule has 108 valence electrons. The number of carbonyl (C=O) groups is 1. The molecule has 0 bridgehead atoms. The Balaban J connectivity index is 2.47. The molecule has 0 unspecified atom stereocenters. The van der Waals surface area contributed by atoms with Crippen LogP contribution in [0.2, 0.25) is 0 Å². The van der Waals surface area contributed by atoms with Crippen molar-refractivity contribution in [3.8, 4) is 0 Å². The van der Waals surface area contributed by atoms with E-state index in [9.17, 15) is 4.79 Å². The van der Waals surface area contributed by atoms with Gasteiger partial charge in [-0.05, 0) is 30.0 Å². The van der Waals surface area contributed by atoms with Crippen molar-refractivity contribution in [3.05, 3.63) is 23.3 Å². The maximum atomic E-state index is 11.2. The van der Waals surface area contributed by atoms with Gasteiger partial charge in [-0.1, -0.05) is 20.8 Å². The van der Waals surface area contributed by atoms with Crippen molar-refractivity contribution in [2.45, 2.75) is 27.7 Å². The van der Waals surface area contributed by atoms with Gasteiger partial charge in [0.15, 0.2) is 0 Å². The first kappa shape index (κ1) is 14.4. The Labute approximate surface area is 118 Å². The number of nitrogens with one attached hydrogen (secondary N) is 1. The van der Waals surface area contributed by atoms with E-state index in [1.54, 1.807) is 19.1 Å². The van der Waals surface area contributed by atoms with E-state index in [4.69, 9.17) is 5.11 Å². The van der Waals surface area contributed by atoms with Gasteiger partial charge in [-0.3, -0.25) is 0 Å². The fraction of sp³-hybridized carbons (Fsp3) is 0.467. The molecule has 0 radical (unpaired) electrons. The molecule has 0 fully saturated rings. The predicted octanol–water partition coefficient (Wildman–Crippen LogP) is 3.04. The number of fused-ring (bicyclic) bond motifs is 1. The minimum atomic E-state index is -0.917.